The van der Waals surface area contributed by atoms with E-state index < -0.39 is 5.60 Å². The predicted molar refractivity (Wildman–Crippen MR) is 55.2 cm³/mol. The average molecular weight is 210 g/mol. The molecular formula is C12H18O3. The van der Waals surface area contributed by atoms with Gasteiger partial charge >= 0.3 is 5.97 Å². The van der Waals surface area contributed by atoms with Crippen LogP contribution in [0.5, 0.6) is 0 Å². The van der Waals surface area contributed by atoms with Crippen LogP contribution < -0.4 is 0 Å². The molecule has 1 saturated heterocycles. The Bertz CT molecular complexity index is 319. The van der Waals surface area contributed by atoms with Gasteiger partial charge < -0.3 is 4.74 Å². The lowest BCUT2D eigenvalue weighted by molar-refractivity contribution is -0.167. The summed E-state index contributed by atoms with van der Waals surface area (Å²) in [7, 11) is 0. The molecule has 0 unspecified atom stereocenters. The molecule has 0 aromatic carbocycles. The maximum atomic E-state index is 12.1. The molecule has 3 nitrogen and oxygen atoms in total. The molecule has 1 aliphatic heterocycles. The zero-order chi connectivity index (χ0) is 11.3. The van der Waals surface area contributed by atoms with E-state index in [1.54, 1.807) is 0 Å². The van der Waals surface area contributed by atoms with Crippen LogP contribution in [-0.4, -0.2) is 17.4 Å². The second-order valence-electron chi connectivity index (χ2n) is 5.63. The third kappa shape index (κ3) is 1.40. The first-order valence-electron chi connectivity index (χ1n) is 5.62. The molecule has 84 valence electrons. The van der Waals surface area contributed by atoms with E-state index in [4.69, 9.17) is 4.74 Å². The molecule has 3 heteroatoms. The molecular weight excluding hydrogens is 192 g/mol. The molecule has 15 heavy (non-hydrogen) atoms. The average Bonchev–Trinajstić information content (AvgIpc) is 2.30. The lowest BCUT2D eigenvalue weighted by atomic mass is 9.65. The Morgan fingerprint density at radius 2 is 2.00 bits per heavy atom. The molecule has 0 aromatic rings. The van der Waals surface area contributed by atoms with Crippen molar-refractivity contribution in [3.63, 3.8) is 0 Å². The lowest BCUT2D eigenvalue weighted by Gasteiger charge is -2.41. The SMILES string of the molecule is C[C@H]1CC[C@@]2(OC(=O)CC2(C)C)C(=O)C1. The number of esters is 1. The van der Waals surface area contributed by atoms with Crippen LogP contribution in [0.15, 0.2) is 0 Å². The summed E-state index contributed by atoms with van der Waals surface area (Å²) in [5.74, 6) is 0.332. The Morgan fingerprint density at radius 3 is 2.47 bits per heavy atom. The van der Waals surface area contributed by atoms with E-state index >= 15 is 0 Å². The van der Waals surface area contributed by atoms with Gasteiger partial charge in [-0.2, -0.15) is 0 Å². The van der Waals surface area contributed by atoms with Crippen LogP contribution in [0.25, 0.3) is 0 Å². The monoisotopic (exact) mass is 210 g/mol. The fraction of sp³-hybridized carbons (Fsp3) is 0.833. The Morgan fingerprint density at radius 1 is 1.33 bits per heavy atom. The summed E-state index contributed by atoms with van der Waals surface area (Å²) in [5.41, 5.74) is -1.14. The number of carbonyl (C=O) groups excluding carboxylic acids is 2. The van der Waals surface area contributed by atoms with Gasteiger partial charge in [-0.1, -0.05) is 20.8 Å². The Kier molecular flexibility index (Phi) is 2.18. The van der Waals surface area contributed by atoms with Gasteiger partial charge in [0.05, 0.1) is 6.42 Å². The van der Waals surface area contributed by atoms with Crippen molar-refractivity contribution in [2.75, 3.05) is 0 Å². The van der Waals surface area contributed by atoms with E-state index in [1.807, 2.05) is 13.8 Å². The highest BCUT2D eigenvalue weighted by atomic mass is 16.6. The highest BCUT2D eigenvalue weighted by Crippen LogP contribution is 2.50. The van der Waals surface area contributed by atoms with Crippen molar-refractivity contribution >= 4 is 11.8 Å². The van der Waals surface area contributed by atoms with E-state index in [1.165, 1.54) is 0 Å². The van der Waals surface area contributed by atoms with Crippen molar-refractivity contribution in [3.8, 4) is 0 Å². The van der Waals surface area contributed by atoms with E-state index in [2.05, 4.69) is 6.92 Å². The molecule has 1 aliphatic carbocycles. The van der Waals surface area contributed by atoms with Gasteiger partial charge in [-0.3, -0.25) is 9.59 Å². The topological polar surface area (TPSA) is 43.4 Å². The van der Waals surface area contributed by atoms with Gasteiger partial charge in [-0.05, 0) is 18.8 Å². The predicted octanol–water partition coefficient (Wildman–Crippen LogP) is 2.09. The second kappa shape index (κ2) is 3.06. The van der Waals surface area contributed by atoms with Crippen LogP contribution in [0.2, 0.25) is 0 Å². The Hall–Kier alpha value is -0.860. The number of Topliss-reactive ketones (excluding diaryl/α,β-unsaturated/α-hetero) is 1. The summed E-state index contributed by atoms with van der Waals surface area (Å²) in [6.45, 7) is 6.01. The smallest absolute Gasteiger partial charge is 0.307 e. The maximum Gasteiger partial charge on any atom is 0.307 e. The van der Waals surface area contributed by atoms with E-state index in [9.17, 15) is 9.59 Å². The normalized spacial score (nSPS) is 39.5. The summed E-state index contributed by atoms with van der Waals surface area (Å²) in [6.07, 6.45) is 2.60. The molecule has 2 atom stereocenters. The van der Waals surface area contributed by atoms with Crippen molar-refractivity contribution in [2.45, 2.75) is 52.1 Å². The second-order valence-corrected chi connectivity index (χ2v) is 5.63. The van der Waals surface area contributed by atoms with Gasteiger partial charge in [0.1, 0.15) is 0 Å². The van der Waals surface area contributed by atoms with E-state index in [-0.39, 0.29) is 17.2 Å². The minimum Gasteiger partial charge on any atom is -0.450 e. The summed E-state index contributed by atoms with van der Waals surface area (Å²) in [6, 6.07) is 0. The molecule has 2 fully saturated rings. The first-order valence-corrected chi connectivity index (χ1v) is 5.62. The fourth-order valence-corrected chi connectivity index (χ4v) is 2.87. The number of hydrogen-bond donors (Lipinski definition) is 0. The Balaban J connectivity index is 2.33. The lowest BCUT2D eigenvalue weighted by Crippen LogP contribution is -2.52. The first kappa shape index (κ1) is 10.7. The molecule has 1 saturated carbocycles. The number of ether oxygens (including phenoxy) is 1. The van der Waals surface area contributed by atoms with Crippen LogP contribution in [0.3, 0.4) is 0 Å². The zero-order valence-electron chi connectivity index (χ0n) is 9.63. The standard InChI is InChI=1S/C12H18O3/c1-8-4-5-12(9(13)6-8)11(2,3)7-10(14)15-12/h8H,4-7H2,1-3H3/t8-,12+/m0/s1. The first-order chi connectivity index (χ1) is 6.87. The van der Waals surface area contributed by atoms with Crippen molar-refractivity contribution in [1.82, 2.24) is 0 Å². The van der Waals surface area contributed by atoms with Gasteiger partial charge in [-0.25, -0.2) is 0 Å². The largest absolute Gasteiger partial charge is 0.450 e. The fourth-order valence-electron chi connectivity index (χ4n) is 2.87. The molecule has 0 amide bonds. The molecule has 1 heterocycles. The quantitative estimate of drug-likeness (QED) is 0.575. The minimum absolute atomic E-state index is 0.122. The summed E-state index contributed by atoms with van der Waals surface area (Å²) < 4.78 is 5.38. The maximum absolute atomic E-state index is 12.1. The number of ketones is 1. The molecule has 0 N–H and O–H groups in total. The third-order valence-electron chi connectivity index (χ3n) is 3.94. The van der Waals surface area contributed by atoms with Crippen molar-refractivity contribution in [1.29, 1.82) is 0 Å². The van der Waals surface area contributed by atoms with Crippen molar-refractivity contribution < 1.29 is 14.3 Å². The minimum atomic E-state index is -0.809. The molecule has 1 spiro atoms. The summed E-state index contributed by atoms with van der Waals surface area (Å²) in [5, 5.41) is 0. The number of carbonyl (C=O) groups is 2. The van der Waals surface area contributed by atoms with Crippen molar-refractivity contribution in [2.24, 2.45) is 11.3 Å². The highest BCUT2D eigenvalue weighted by molar-refractivity contribution is 5.94. The molecule has 0 aromatic heterocycles. The zero-order valence-corrected chi connectivity index (χ0v) is 9.63. The van der Waals surface area contributed by atoms with Gasteiger partial charge in [-0.15, -0.1) is 0 Å². The number of rotatable bonds is 0. The number of hydrogen-bond acceptors (Lipinski definition) is 3. The van der Waals surface area contributed by atoms with Crippen molar-refractivity contribution in [3.05, 3.63) is 0 Å². The van der Waals surface area contributed by atoms with E-state index in [0.717, 1.165) is 6.42 Å². The molecule has 0 radical (unpaired) electrons. The highest BCUT2D eigenvalue weighted by Gasteiger charge is 2.60. The van der Waals surface area contributed by atoms with Crippen LogP contribution in [-0.2, 0) is 14.3 Å². The van der Waals surface area contributed by atoms with Gasteiger partial charge in [0.25, 0.3) is 0 Å². The third-order valence-corrected chi connectivity index (χ3v) is 3.94. The van der Waals surface area contributed by atoms with Gasteiger partial charge in [0, 0.05) is 11.8 Å². The summed E-state index contributed by atoms with van der Waals surface area (Å²) >= 11 is 0. The van der Waals surface area contributed by atoms with Crippen LogP contribution in [0, 0.1) is 11.3 Å². The van der Waals surface area contributed by atoms with Gasteiger partial charge in [0.15, 0.2) is 11.4 Å². The van der Waals surface area contributed by atoms with Gasteiger partial charge in [0.2, 0.25) is 0 Å². The molecule has 2 aliphatic rings. The van der Waals surface area contributed by atoms with Crippen LogP contribution in [0.1, 0.15) is 46.5 Å². The molecule has 0 bridgehead atoms. The molecule has 2 rings (SSSR count). The van der Waals surface area contributed by atoms with Crippen LogP contribution in [0.4, 0.5) is 0 Å². The van der Waals surface area contributed by atoms with Crippen LogP contribution >= 0.6 is 0 Å². The summed E-state index contributed by atoms with van der Waals surface area (Å²) in [4.78, 5) is 23.5. The Labute approximate surface area is 90.2 Å². The van der Waals surface area contributed by atoms with E-state index in [0.29, 0.717) is 25.2 Å².